The number of para-hydroxylation sites is 1. The zero-order chi connectivity index (χ0) is 24.1. The third kappa shape index (κ3) is 9.21. The van der Waals surface area contributed by atoms with Crippen molar-refractivity contribution in [2.75, 3.05) is 31.1 Å². The predicted octanol–water partition coefficient (Wildman–Crippen LogP) is 6.75. The van der Waals surface area contributed by atoms with Crippen molar-refractivity contribution in [3.8, 4) is 0 Å². The molecule has 1 aromatic rings. The van der Waals surface area contributed by atoms with Crippen LogP contribution in [0.15, 0.2) is 66.0 Å². The third-order valence-electron chi connectivity index (χ3n) is 6.15. The molecule has 4 nitrogen and oxygen atoms in total. The summed E-state index contributed by atoms with van der Waals surface area (Å²) in [6.07, 6.45) is 13.6. The van der Waals surface area contributed by atoms with E-state index in [4.69, 9.17) is 4.74 Å². The van der Waals surface area contributed by atoms with E-state index in [1.165, 1.54) is 11.1 Å². The Labute approximate surface area is 202 Å². The number of rotatable bonds is 13. The van der Waals surface area contributed by atoms with Gasteiger partial charge >= 0.3 is 0 Å². The molecule has 1 amide bonds. The lowest BCUT2D eigenvalue weighted by Crippen LogP contribution is -2.42. The largest absolute Gasteiger partial charge is 0.501 e. The van der Waals surface area contributed by atoms with Crippen molar-refractivity contribution in [1.29, 1.82) is 0 Å². The van der Waals surface area contributed by atoms with Crippen molar-refractivity contribution in [1.82, 2.24) is 4.90 Å². The number of amides is 1. The Hall–Kier alpha value is -2.33. The van der Waals surface area contributed by atoms with E-state index in [0.29, 0.717) is 18.5 Å². The van der Waals surface area contributed by atoms with Crippen molar-refractivity contribution in [3.05, 3.63) is 66.0 Å². The normalized spacial score (nSPS) is 19.1. The number of unbranched alkanes of at least 4 members (excludes halogenated alkanes) is 2. The van der Waals surface area contributed by atoms with Crippen LogP contribution in [0.5, 0.6) is 0 Å². The molecule has 0 saturated carbocycles. The summed E-state index contributed by atoms with van der Waals surface area (Å²) in [5, 5.41) is 0. The molecule has 0 spiro atoms. The van der Waals surface area contributed by atoms with Gasteiger partial charge in [0.15, 0.2) is 0 Å². The fourth-order valence-corrected chi connectivity index (χ4v) is 4.28. The average molecular weight is 453 g/mol. The quantitative estimate of drug-likeness (QED) is 0.188. The monoisotopic (exact) mass is 452 g/mol. The second kappa shape index (κ2) is 14.7. The smallest absolute Gasteiger partial charge is 0.241 e. The number of carbonyl (C=O) groups excluding carboxylic acids is 1. The summed E-state index contributed by atoms with van der Waals surface area (Å²) in [6, 6.07) is 10.5. The SMILES string of the molecule is CCCCO/C=C/C=C(\C=C(C)C)C1CC(C)N(CC(=O)N(CCCC)c2ccccc2)C1. The number of allylic oxidation sites excluding steroid dienone is 4. The van der Waals surface area contributed by atoms with Crippen LogP contribution in [0.3, 0.4) is 0 Å². The van der Waals surface area contributed by atoms with Gasteiger partial charge in [-0.2, -0.15) is 0 Å². The summed E-state index contributed by atoms with van der Waals surface area (Å²) in [4.78, 5) is 17.6. The summed E-state index contributed by atoms with van der Waals surface area (Å²) in [5.41, 5.74) is 3.61. The van der Waals surface area contributed by atoms with Gasteiger partial charge in [-0.25, -0.2) is 0 Å². The molecule has 1 fully saturated rings. The molecule has 4 heteroatoms. The van der Waals surface area contributed by atoms with Crippen molar-refractivity contribution < 1.29 is 9.53 Å². The Morgan fingerprint density at radius 2 is 1.88 bits per heavy atom. The maximum absolute atomic E-state index is 13.3. The van der Waals surface area contributed by atoms with Gasteiger partial charge in [-0.1, -0.05) is 62.6 Å². The summed E-state index contributed by atoms with van der Waals surface area (Å²) in [5.74, 6) is 0.614. The maximum atomic E-state index is 13.3. The number of nitrogens with zero attached hydrogens (tertiary/aromatic N) is 2. The second-order valence-corrected chi connectivity index (χ2v) is 9.39. The van der Waals surface area contributed by atoms with Gasteiger partial charge in [0.05, 0.1) is 19.4 Å². The van der Waals surface area contributed by atoms with E-state index in [-0.39, 0.29) is 5.91 Å². The zero-order valence-corrected chi connectivity index (χ0v) is 21.4. The number of hydrogen-bond donors (Lipinski definition) is 0. The number of ether oxygens (including phenoxy) is 1. The molecule has 182 valence electrons. The van der Waals surface area contributed by atoms with Gasteiger partial charge in [-0.3, -0.25) is 9.69 Å². The second-order valence-electron chi connectivity index (χ2n) is 9.39. The topological polar surface area (TPSA) is 32.8 Å². The summed E-state index contributed by atoms with van der Waals surface area (Å²) >= 11 is 0. The van der Waals surface area contributed by atoms with E-state index in [2.05, 4.69) is 51.7 Å². The summed E-state index contributed by atoms with van der Waals surface area (Å²) in [6.45, 7) is 13.8. The zero-order valence-electron chi connectivity index (χ0n) is 21.4. The van der Waals surface area contributed by atoms with E-state index in [9.17, 15) is 4.79 Å². The molecule has 1 aliphatic rings. The molecule has 0 bridgehead atoms. The van der Waals surface area contributed by atoms with Crippen LogP contribution in [0.1, 0.15) is 66.7 Å². The molecule has 2 atom stereocenters. The molecule has 0 radical (unpaired) electrons. The average Bonchev–Trinajstić information content (AvgIpc) is 3.16. The summed E-state index contributed by atoms with van der Waals surface area (Å²) < 4.78 is 5.58. The third-order valence-corrected chi connectivity index (χ3v) is 6.15. The van der Waals surface area contributed by atoms with Crippen LogP contribution < -0.4 is 4.90 Å². The molecule has 1 saturated heterocycles. The van der Waals surface area contributed by atoms with Crippen LogP contribution in [-0.4, -0.2) is 43.1 Å². The Morgan fingerprint density at radius 1 is 1.15 bits per heavy atom. The van der Waals surface area contributed by atoms with Crippen LogP contribution in [0, 0.1) is 5.92 Å². The fraction of sp³-hybridized carbons (Fsp3) is 0.552. The standard InChI is InChI=1S/C29H44N2O2/c1-6-8-17-31(28-15-11-10-12-16-28)29(32)23-30-22-27(21-25(30)5)26(20-24(3)4)14-13-19-33-18-9-7-2/h10-16,19-20,25,27H,6-9,17-18,21-23H2,1-5H3/b19-13+,26-14+. The van der Waals surface area contributed by atoms with Crippen LogP contribution in [0.2, 0.25) is 0 Å². The first kappa shape index (κ1) is 26.9. The van der Waals surface area contributed by atoms with Crippen LogP contribution in [-0.2, 0) is 9.53 Å². The number of benzene rings is 1. The van der Waals surface area contributed by atoms with Gasteiger partial charge in [-0.15, -0.1) is 0 Å². The highest BCUT2D eigenvalue weighted by molar-refractivity contribution is 5.94. The van der Waals surface area contributed by atoms with Gasteiger partial charge in [0.2, 0.25) is 5.91 Å². The number of hydrogen-bond acceptors (Lipinski definition) is 3. The molecular formula is C29H44N2O2. The van der Waals surface area contributed by atoms with Gasteiger partial charge < -0.3 is 9.64 Å². The van der Waals surface area contributed by atoms with Gasteiger partial charge in [-0.05, 0) is 69.7 Å². The van der Waals surface area contributed by atoms with Crippen LogP contribution >= 0.6 is 0 Å². The molecule has 2 unspecified atom stereocenters. The lowest BCUT2D eigenvalue weighted by Gasteiger charge is -2.27. The van der Waals surface area contributed by atoms with E-state index < -0.39 is 0 Å². The number of carbonyl (C=O) groups is 1. The molecule has 1 aromatic carbocycles. The minimum absolute atomic E-state index is 0.194. The first-order valence-corrected chi connectivity index (χ1v) is 12.7. The lowest BCUT2D eigenvalue weighted by molar-refractivity contribution is -0.119. The summed E-state index contributed by atoms with van der Waals surface area (Å²) in [7, 11) is 0. The van der Waals surface area contributed by atoms with E-state index in [1.807, 2.05) is 41.3 Å². The minimum atomic E-state index is 0.194. The Balaban J connectivity index is 2.07. The first-order chi connectivity index (χ1) is 16.0. The first-order valence-electron chi connectivity index (χ1n) is 12.7. The highest BCUT2D eigenvalue weighted by Gasteiger charge is 2.32. The van der Waals surface area contributed by atoms with Crippen molar-refractivity contribution in [3.63, 3.8) is 0 Å². The minimum Gasteiger partial charge on any atom is -0.501 e. The fourth-order valence-electron chi connectivity index (χ4n) is 4.28. The Morgan fingerprint density at radius 3 is 2.55 bits per heavy atom. The van der Waals surface area contributed by atoms with Gasteiger partial charge in [0, 0.05) is 24.8 Å². The molecule has 0 aliphatic carbocycles. The molecule has 0 N–H and O–H groups in total. The van der Waals surface area contributed by atoms with Crippen molar-refractivity contribution in [2.45, 2.75) is 72.8 Å². The lowest BCUT2D eigenvalue weighted by atomic mass is 9.94. The highest BCUT2D eigenvalue weighted by atomic mass is 16.5. The molecular weight excluding hydrogens is 408 g/mol. The molecule has 1 aliphatic heterocycles. The molecule has 0 aromatic heterocycles. The van der Waals surface area contributed by atoms with Gasteiger partial charge in [0.25, 0.3) is 0 Å². The van der Waals surface area contributed by atoms with E-state index in [1.54, 1.807) is 6.26 Å². The van der Waals surface area contributed by atoms with Crippen LogP contribution in [0.4, 0.5) is 5.69 Å². The number of likely N-dealkylation sites (tertiary alicyclic amines) is 1. The van der Waals surface area contributed by atoms with E-state index >= 15 is 0 Å². The van der Waals surface area contributed by atoms with Crippen molar-refractivity contribution >= 4 is 11.6 Å². The highest BCUT2D eigenvalue weighted by Crippen LogP contribution is 2.30. The molecule has 1 heterocycles. The molecule has 33 heavy (non-hydrogen) atoms. The maximum Gasteiger partial charge on any atom is 0.241 e. The Bertz CT molecular complexity index is 793. The predicted molar refractivity (Wildman–Crippen MR) is 140 cm³/mol. The van der Waals surface area contributed by atoms with Crippen LogP contribution in [0.25, 0.3) is 0 Å². The molecule has 2 rings (SSSR count). The number of anilines is 1. The van der Waals surface area contributed by atoms with E-state index in [0.717, 1.165) is 57.5 Å². The van der Waals surface area contributed by atoms with Crippen molar-refractivity contribution in [2.24, 2.45) is 5.92 Å². The van der Waals surface area contributed by atoms with Gasteiger partial charge in [0.1, 0.15) is 0 Å². The Kier molecular flexibility index (Phi) is 12.0.